The highest BCUT2D eigenvalue weighted by atomic mass is 15.1. The molecule has 0 radical (unpaired) electrons. The summed E-state index contributed by atoms with van der Waals surface area (Å²) in [5, 5.41) is 5.11. The number of hydrogen-bond acceptors (Lipinski definition) is 1. The van der Waals surface area contributed by atoms with Gasteiger partial charge in [0.15, 0.2) is 0 Å². The molecule has 0 N–H and O–H groups in total. The topological polar surface area (TPSA) is 3.24 Å². The van der Waals surface area contributed by atoms with E-state index in [1.807, 2.05) is 0 Å². The maximum Gasteiger partial charge on any atom is 0.0468 e. The first-order chi connectivity index (χ1) is 23.5. The van der Waals surface area contributed by atoms with E-state index in [0.29, 0.717) is 0 Å². The van der Waals surface area contributed by atoms with E-state index in [0.717, 1.165) is 17.1 Å². The number of anilines is 3. The minimum Gasteiger partial charge on any atom is -0.310 e. The highest BCUT2D eigenvalue weighted by Crippen LogP contribution is 2.50. The Hall–Kier alpha value is -5.92. The third-order valence-corrected chi connectivity index (χ3v) is 10.2. The van der Waals surface area contributed by atoms with Crippen molar-refractivity contribution in [3.05, 3.63) is 187 Å². The van der Waals surface area contributed by atoms with Crippen molar-refractivity contribution in [1.29, 1.82) is 0 Å². The molecule has 228 valence electrons. The zero-order valence-corrected chi connectivity index (χ0v) is 27.2. The summed E-state index contributed by atoms with van der Waals surface area (Å²) in [5.74, 6) is 0. The zero-order valence-electron chi connectivity index (χ0n) is 27.2. The van der Waals surface area contributed by atoms with E-state index in [1.54, 1.807) is 0 Å². The molecule has 1 nitrogen and oxygen atoms in total. The number of fused-ring (bicyclic) bond motifs is 6. The fraction of sp³-hybridized carbons (Fsp3) is 0.0638. The van der Waals surface area contributed by atoms with Gasteiger partial charge in [-0.3, -0.25) is 0 Å². The summed E-state index contributed by atoms with van der Waals surface area (Å²) in [5.41, 5.74) is 13.8. The normalized spacial score (nSPS) is 13.0. The van der Waals surface area contributed by atoms with Gasteiger partial charge in [0.1, 0.15) is 0 Å². The second kappa shape index (κ2) is 11.1. The van der Waals surface area contributed by atoms with Crippen molar-refractivity contribution in [1.82, 2.24) is 0 Å². The predicted molar refractivity (Wildman–Crippen MR) is 205 cm³/mol. The van der Waals surface area contributed by atoms with Crippen molar-refractivity contribution in [3.63, 3.8) is 0 Å². The van der Waals surface area contributed by atoms with Crippen molar-refractivity contribution in [2.75, 3.05) is 4.90 Å². The van der Waals surface area contributed by atoms with Crippen molar-refractivity contribution in [2.45, 2.75) is 19.3 Å². The van der Waals surface area contributed by atoms with Crippen molar-refractivity contribution >= 4 is 38.6 Å². The highest BCUT2D eigenvalue weighted by molar-refractivity contribution is 6.10. The Kier molecular flexibility index (Phi) is 6.55. The number of benzene rings is 8. The summed E-state index contributed by atoms with van der Waals surface area (Å²) >= 11 is 0. The summed E-state index contributed by atoms with van der Waals surface area (Å²) in [7, 11) is 0. The Balaban J connectivity index is 1.17. The van der Waals surface area contributed by atoms with Gasteiger partial charge in [0.05, 0.1) is 0 Å². The lowest BCUT2D eigenvalue weighted by atomic mass is 9.81. The summed E-state index contributed by atoms with van der Waals surface area (Å²) in [6.45, 7) is 4.72. The molecule has 0 saturated heterocycles. The summed E-state index contributed by atoms with van der Waals surface area (Å²) in [4.78, 5) is 2.37. The first-order valence-corrected chi connectivity index (χ1v) is 16.8. The first-order valence-electron chi connectivity index (χ1n) is 16.8. The van der Waals surface area contributed by atoms with Crippen molar-refractivity contribution in [3.8, 4) is 33.4 Å². The molecule has 48 heavy (non-hydrogen) atoms. The third-order valence-electron chi connectivity index (χ3n) is 10.2. The van der Waals surface area contributed by atoms with Gasteiger partial charge in [-0.25, -0.2) is 0 Å². The van der Waals surface area contributed by atoms with Crippen LogP contribution < -0.4 is 4.90 Å². The quantitative estimate of drug-likeness (QED) is 0.175. The van der Waals surface area contributed by atoms with Crippen molar-refractivity contribution < 1.29 is 0 Å². The molecule has 0 aromatic heterocycles. The molecule has 0 unspecified atom stereocenters. The molecule has 9 rings (SSSR count). The molecule has 0 fully saturated rings. The fourth-order valence-corrected chi connectivity index (χ4v) is 7.70. The molecule has 0 saturated carbocycles. The monoisotopic (exact) mass is 613 g/mol. The number of nitrogens with zero attached hydrogens (tertiary/aromatic N) is 1. The van der Waals surface area contributed by atoms with Crippen LogP contribution in [0.15, 0.2) is 176 Å². The van der Waals surface area contributed by atoms with Crippen LogP contribution in [-0.4, -0.2) is 0 Å². The van der Waals surface area contributed by atoms with E-state index in [-0.39, 0.29) is 5.41 Å². The van der Waals surface area contributed by atoms with Crippen LogP contribution in [0.4, 0.5) is 17.1 Å². The van der Waals surface area contributed by atoms with Crippen LogP contribution in [0.3, 0.4) is 0 Å². The van der Waals surface area contributed by atoms with Crippen LogP contribution in [0.1, 0.15) is 25.0 Å². The molecule has 1 aliphatic rings. The molecule has 1 heteroatoms. The first kappa shape index (κ1) is 28.3. The Bertz CT molecular complexity index is 2360. The van der Waals surface area contributed by atoms with E-state index in [1.165, 1.54) is 66.1 Å². The molecular formula is C47H35N. The van der Waals surface area contributed by atoms with Crippen LogP contribution in [0.5, 0.6) is 0 Å². The lowest BCUT2D eigenvalue weighted by Crippen LogP contribution is -2.14. The van der Waals surface area contributed by atoms with E-state index in [9.17, 15) is 0 Å². The van der Waals surface area contributed by atoms with Crippen LogP contribution in [0, 0.1) is 0 Å². The van der Waals surface area contributed by atoms with Gasteiger partial charge in [0.25, 0.3) is 0 Å². The molecule has 0 atom stereocenters. The maximum atomic E-state index is 2.45. The molecule has 8 aromatic rings. The maximum absolute atomic E-state index is 2.45. The van der Waals surface area contributed by atoms with Gasteiger partial charge in [-0.1, -0.05) is 141 Å². The zero-order chi connectivity index (χ0) is 32.2. The largest absolute Gasteiger partial charge is 0.310 e. The second-order valence-corrected chi connectivity index (χ2v) is 13.4. The molecule has 1 aliphatic carbocycles. The Morgan fingerprint density at radius 1 is 0.354 bits per heavy atom. The lowest BCUT2D eigenvalue weighted by Gasteiger charge is -2.26. The van der Waals surface area contributed by atoms with Crippen LogP contribution in [0.2, 0.25) is 0 Å². The predicted octanol–water partition coefficient (Wildman–Crippen LogP) is 13.1. The lowest BCUT2D eigenvalue weighted by molar-refractivity contribution is 0.661. The van der Waals surface area contributed by atoms with E-state index >= 15 is 0 Å². The van der Waals surface area contributed by atoms with E-state index < -0.39 is 0 Å². The molecule has 0 aliphatic heterocycles. The average molecular weight is 614 g/mol. The minimum atomic E-state index is -0.0309. The second-order valence-electron chi connectivity index (χ2n) is 13.4. The molecule has 8 aromatic carbocycles. The van der Waals surface area contributed by atoms with Crippen LogP contribution in [-0.2, 0) is 5.41 Å². The van der Waals surface area contributed by atoms with Gasteiger partial charge < -0.3 is 4.90 Å². The number of rotatable bonds is 5. The van der Waals surface area contributed by atoms with Crippen molar-refractivity contribution in [2.24, 2.45) is 0 Å². The smallest absolute Gasteiger partial charge is 0.0468 e. The summed E-state index contributed by atoms with van der Waals surface area (Å²) in [6, 6.07) is 64.3. The van der Waals surface area contributed by atoms with Gasteiger partial charge >= 0.3 is 0 Å². The standard InChI is InChI=1S/C47H35N/c1-47(2)45-16-10-9-15-42(45)44-30-37-18-17-36-29-40(27-28-41(36)43(37)31-46(44)47)48(38-23-19-34(20-24-38)32-11-5-3-6-12-32)39-25-21-35(22-26-39)33-13-7-4-8-14-33/h3-31H,1-2H3. The summed E-state index contributed by atoms with van der Waals surface area (Å²) < 4.78 is 0. The van der Waals surface area contributed by atoms with Gasteiger partial charge in [-0.05, 0) is 115 Å². The van der Waals surface area contributed by atoms with Gasteiger partial charge in [0, 0.05) is 22.5 Å². The molecular weight excluding hydrogens is 579 g/mol. The number of hydrogen-bond donors (Lipinski definition) is 0. The van der Waals surface area contributed by atoms with E-state index in [4.69, 9.17) is 0 Å². The van der Waals surface area contributed by atoms with Crippen LogP contribution >= 0.6 is 0 Å². The fourth-order valence-electron chi connectivity index (χ4n) is 7.70. The molecule has 0 amide bonds. The van der Waals surface area contributed by atoms with Crippen LogP contribution in [0.25, 0.3) is 54.9 Å². The van der Waals surface area contributed by atoms with E-state index in [2.05, 4.69) is 195 Å². The highest BCUT2D eigenvalue weighted by Gasteiger charge is 2.35. The Morgan fingerprint density at radius 3 is 1.46 bits per heavy atom. The average Bonchev–Trinajstić information content (AvgIpc) is 3.37. The van der Waals surface area contributed by atoms with Gasteiger partial charge in [-0.2, -0.15) is 0 Å². The molecule has 0 heterocycles. The molecule has 0 bridgehead atoms. The van der Waals surface area contributed by atoms with Gasteiger partial charge in [0.2, 0.25) is 0 Å². The minimum absolute atomic E-state index is 0.0309. The SMILES string of the molecule is CC1(C)c2ccccc2-c2cc3ccc4cc(N(c5ccc(-c6ccccc6)cc5)c5ccc(-c6ccccc6)cc5)ccc4c3cc21. The molecule has 0 spiro atoms. The Labute approximate surface area is 282 Å². The van der Waals surface area contributed by atoms with Gasteiger partial charge in [-0.15, -0.1) is 0 Å². The summed E-state index contributed by atoms with van der Waals surface area (Å²) in [6.07, 6.45) is 0. The Morgan fingerprint density at radius 2 is 0.854 bits per heavy atom. The third kappa shape index (κ3) is 4.62.